The summed E-state index contributed by atoms with van der Waals surface area (Å²) in [6.45, 7) is 2.84. The van der Waals surface area contributed by atoms with E-state index in [-0.39, 0.29) is 24.6 Å². The van der Waals surface area contributed by atoms with Crippen LogP contribution in [0.5, 0.6) is 11.5 Å². The predicted molar refractivity (Wildman–Crippen MR) is 79.4 cm³/mol. The molecule has 0 spiro atoms. The number of nitrogens with two attached hydrogens (primary N) is 1. The van der Waals surface area contributed by atoms with Crippen molar-refractivity contribution in [2.75, 3.05) is 13.2 Å². The van der Waals surface area contributed by atoms with Crippen LogP contribution in [0.4, 0.5) is 0 Å². The first kappa shape index (κ1) is 14.2. The van der Waals surface area contributed by atoms with Crippen LogP contribution in [0, 0.1) is 0 Å². The number of carbonyl (C=O) groups is 1. The van der Waals surface area contributed by atoms with Gasteiger partial charge in [-0.15, -0.1) is 0 Å². The van der Waals surface area contributed by atoms with Gasteiger partial charge in [0.05, 0.1) is 0 Å². The second kappa shape index (κ2) is 5.93. The lowest BCUT2D eigenvalue weighted by Gasteiger charge is -2.42. The van der Waals surface area contributed by atoms with Crippen molar-refractivity contribution in [3.8, 4) is 11.5 Å². The summed E-state index contributed by atoms with van der Waals surface area (Å²) in [6.07, 6.45) is 2.54. The molecule has 0 saturated carbocycles. The Bertz CT molecular complexity index is 520. The van der Waals surface area contributed by atoms with Crippen LogP contribution in [0.15, 0.2) is 24.3 Å². The zero-order valence-corrected chi connectivity index (χ0v) is 12.3. The van der Waals surface area contributed by atoms with Crippen molar-refractivity contribution < 1.29 is 14.3 Å². The fraction of sp³-hybridized carbons (Fsp3) is 0.562. The molecule has 5 nitrogen and oxygen atoms in total. The van der Waals surface area contributed by atoms with Gasteiger partial charge in [-0.2, -0.15) is 0 Å². The van der Waals surface area contributed by atoms with Crippen LogP contribution in [0.25, 0.3) is 0 Å². The summed E-state index contributed by atoms with van der Waals surface area (Å²) in [5, 5.41) is 0. The van der Waals surface area contributed by atoms with Gasteiger partial charge in [-0.3, -0.25) is 4.79 Å². The molecule has 1 aromatic carbocycles. The lowest BCUT2D eigenvalue weighted by Crippen LogP contribution is -2.57. The molecule has 114 valence electrons. The van der Waals surface area contributed by atoms with Gasteiger partial charge in [-0.05, 0) is 38.3 Å². The minimum Gasteiger partial charge on any atom is -0.485 e. The minimum atomic E-state index is -0.575. The van der Waals surface area contributed by atoms with Crippen LogP contribution in [-0.2, 0) is 4.79 Å². The van der Waals surface area contributed by atoms with Gasteiger partial charge in [0.15, 0.2) is 11.5 Å². The topological polar surface area (TPSA) is 64.8 Å². The molecule has 2 aliphatic rings. The SMILES string of the molecule is CC1CCCC(CN)N1C(=O)C1COc2ccccc2O1. The Labute approximate surface area is 125 Å². The Balaban J connectivity index is 1.76. The lowest BCUT2D eigenvalue weighted by molar-refractivity contribution is -0.147. The molecule has 1 fully saturated rings. The van der Waals surface area contributed by atoms with Crippen LogP contribution < -0.4 is 15.2 Å². The minimum absolute atomic E-state index is 0.00727. The molecule has 0 aliphatic carbocycles. The molecule has 2 aliphatic heterocycles. The molecular weight excluding hydrogens is 268 g/mol. The third-order valence-corrected chi connectivity index (χ3v) is 4.34. The van der Waals surface area contributed by atoms with Crippen molar-refractivity contribution in [2.24, 2.45) is 5.73 Å². The number of piperidine rings is 1. The highest BCUT2D eigenvalue weighted by Gasteiger charge is 2.37. The Kier molecular flexibility index (Phi) is 4.01. The summed E-state index contributed by atoms with van der Waals surface area (Å²) >= 11 is 0. The zero-order chi connectivity index (χ0) is 14.8. The highest BCUT2D eigenvalue weighted by molar-refractivity contribution is 5.82. The fourth-order valence-electron chi connectivity index (χ4n) is 3.22. The quantitative estimate of drug-likeness (QED) is 0.897. The second-order valence-corrected chi connectivity index (χ2v) is 5.78. The van der Waals surface area contributed by atoms with E-state index >= 15 is 0 Å². The summed E-state index contributed by atoms with van der Waals surface area (Å²) in [5.41, 5.74) is 5.83. The van der Waals surface area contributed by atoms with E-state index in [4.69, 9.17) is 15.2 Å². The zero-order valence-electron chi connectivity index (χ0n) is 12.3. The first-order valence-corrected chi connectivity index (χ1v) is 7.61. The maximum Gasteiger partial charge on any atom is 0.267 e. The monoisotopic (exact) mass is 290 g/mol. The van der Waals surface area contributed by atoms with E-state index in [9.17, 15) is 4.79 Å². The molecule has 21 heavy (non-hydrogen) atoms. The summed E-state index contributed by atoms with van der Waals surface area (Å²) in [7, 11) is 0. The number of benzene rings is 1. The van der Waals surface area contributed by atoms with E-state index in [1.165, 1.54) is 0 Å². The first-order chi connectivity index (χ1) is 10.2. The fourth-order valence-corrected chi connectivity index (χ4v) is 3.22. The number of hydrogen-bond donors (Lipinski definition) is 1. The number of hydrogen-bond acceptors (Lipinski definition) is 4. The van der Waals surface area contributed by atoms with Gasteiger partial charge in [0.25, 0.3) is 5.91 Å². The highest BCUT2D eigenvalue weighted by Crippen LogP contribution is 2.32. The van der Waals surface area contributed by atoms with Gasteiger partial charge in [0.2, 0.25) is 6.10 Å². The number of ether oxygens (including phenoxy) is 2. The third-order valence-electron chi connectivity index (χ3n) is 4.34. The van der Waals surface area contributed by atoms with Gasteiger partial charge in [-0.1, -0.05) is 12.1 Å². The molecule has 5 heteroatoms. The van der Waals surface area contributed by atoms with E-state index in [0.29, 0.717) is 18.0 Å². The number of carbonyl (C=O) groups excluding carboxylic acids is 1. The summed E-state index contributed by atoms with van der Waals surface area (Å²) in [4.78, 5) is 14.7. The molecule has 1 amide bonds. The Morgan fingerprint density at radius 3 is 2.86 bits per heavy atom. The predicted octanol–water partition coefficient (Wildman–Crippen LogP) is 1.55. The number of amides is 1. The lowest BCUT2D eigenvalue weighted by atomic mass is 9.95. The molecular formula is C16H22N2O3. The standard InChI is InChI=1S/C16H22N2O3/c1-11-5-4-6-12(9-17)18(11)16(19)15-10-20-13-7-2-3-8-14(13)21-15/h2-3,7-8,11-12,15H,4-6,9-10,17H2,1H3. The van der Waals surface area contributed by atoms with Crippen LogP contribution in [-0.4, -0.2) is 42.1 Å². The van der Waals surface area contributed by atoms with Crippen molar-refractivity contribution in [2.45, 2.75) is 44.4 Å². The number of rotatable bonds is 2. The smallest absolute Gasteiger partial charge is 0.267 e. The second-order valence-electron chi connectivity index (χ2n) is 5.78. The molecule has 0 radical (unpaired) electrons. The molecule has 1 saturated heterocycles. The van der Waals surface area contributed by atoms with Crippen LogP contribution in [0.1, 0.15) is 26.2 Å². The highest BCUT2D eigenvalue weighted by atomic mass is 16.6. The molecule has 1 aromatic rings. The summed E-state index contributed by atoms with van der Waals surface area (Å²) in [5.74, 6) is 1.33. The van der Waals surface area contributed by atoms with Crippen molar-refractivity contribution in [3.63, 3.8) is 0 Å². The van der Waals surface area contributed by atoms with Crippen LogP contribution >= 0.6 is 0 Å². The molecule has 0 bridgehead atoms. The molecule has 2 heterocycles. The van der Waals surface area contributed by atoms with E-state index in [2.05, 4.69) is 6.92 Å². The summed E-state index contributed by atoms with van der Waals surface area (Å²) in [6, 6.07) is 7.77. The maximum atomic E-state index is 12.8. The molecule has 0 aromatic heterocycles. The Hall–Kier alpha value is -1.75. The van der Waals surface area contributed by atoms with Crippen molar-refractivity contribution >= 4 is 5.91 Å². The third kappa shape index (κ3) is 2.70. The molecule has 3 rings (SSSR count). The number of fused-ring (bicyclic) bond motifs is 1. The van der Waals surface area contributed by atoms with E-state index in [1.807, 2.05) is 29.2 Å². The van der Waals surface area contributed by atoms with Crippen molar-refractivity contribution in [1.82, 2.24) is 4.90 Å². The average Bonchev–Trinajstić information content (AvgIpc) is 2.53. The molecule has 3 unspecified atom stereocenters. The number of nitrogens with zero attached hydrogens (tertiary/aromatic N) is 1. The first-order valence-electron chi connectivity index (χ1n) is 7.61. The molecule has 3 atom stereocenters. The van der Waals surface area contributed by atoms with Crippen LogP contribution in [0.2, 0.25) is 0 Å². The van der Waals surface area contributed by atoms with Crippen molar-refractivity contribution in [3.05, 3.63) is 24.3 Å². The Morgan fingerprint density at radius 1 is 1.33 bits per heavy atom. The van der Waals surface area contributed by atoms with E-state index < -0.39 is 6.10 Å². The largest absolute Gasteiger partial charge is 0.485 e. The average molecular weight is 290 g/mol. The molecule has 2 N–H and O–H groups in total. The van der Waals surface area contributed by atoms with E-state index in [1.54, 1.807) is 0 Å². The van der Waals surface area contributed by atoms with Gasteiger partial charge >= 0.3 is 0 Å². The van der Waals surface area contributed by atoms with Crippen LogP contribution in [0.3, 0.4) is 0 Å². The van der Waals surface area contributed by atoms with Gasteiger partial charge in [0, 0.05) is 18.6 Å². The maximum absolute atomic E-state index is 12.8. The van der Waals surface area contributed by atoms with Gasteiger partial charge < -0.3 is 20.1 Å². The van der Waals surface area contributed by atoms with Gasteiger partial charge in [0.1, 0.15) is 6.61 Å². The Morgan fingerprint density at radius 2 is 2.10 bits per heavy atom. The summed E-state index contributed by atoms with van der Waals surface area (Å²) < 4.78 is 11.5. The normalized spacial score (nSPS) is 28.3. The number of para-hydroxylation sites is 2. The van der Waals surface area contributed by atoms with Gasteiger partial charge in [-0.25, -0.2) is 0 Å². The number of likely N-dealkylation sites (tertiary alicyclic amines) is 1. The van der Waals surface area contributed by atoms with Crippen molar-refractivity contribution in [1.29, 1.82) is 0 Å². The van der Waals surface area contributed by atoms with E-state index in [0.717, 1.165) is 19.3 Å².